The van der Waals surface area contributed by atoms with Crippen LogP contribution in [0.4, 0.5) is 5.69 Å². The van der Waals surface area contributed by atoms with Crippen LogP contribution in [-0.2, 0) is 7.05 Å². The fraction of sp³-hybridized carbons (Fsp3) is 0.0714. The number of carbonyl (C=O) groups excluding carboxylic acids is 2. The van der Waals surface area contributed by atoms with Crippen LogP contribution in [0.25, 0.3) is 22.2 Å². The monoisotopic (exact) mass is 480 g/mol. The Kier molecular flexibility index (Phi) is 5.89. The number of aryl methyl sites for hydroxylation is 2. The van der Waals surface area contributed by atoms with E-state index in [2.05, 4.69) is 10.4 Å². The van der Waals surface area contributed by atoms with E-state index in [4.69, 9.17) is 16.6 Å². The summed E-state index contributed by atoms with van der Waals surface area (Å²) in [6, 6.07) is 23.0. The number of benzene rings is 3. The molecule has 0 saturated heterocycles. The molecule has 35 heavy (non-hydrogen) atoms. The van der Waals surface area contributed by atoms with Crippen LogP contribution in [0.2, 0.25) is 5.02 Å². The number of ketones is 1. The average Bonchev–Trinajstić information content (AvgIpc) is 3.22. The summed E-state index contributed by atoms with van der Waals surface area (Å²) in [5.41, 5.74) is 4.66. The summed E-state index contributed by atoms with van der Waals surface area (Å²) in [5.74, 6) is -0.578. The van der Waals surface area contributed by atoms with E-state index in [1.54, 1.807) is 53.2 Å². The van der Waals surface area contributed by atoms with Gasteiger partial charge in [-0.1, -0.05) is 60.1 Å². The Morgan fingerprint density at radius 3 is 2.40 bits per heavy atom. The first-order valence-electron chi connectivity index (χ1n) is 11.0. The van der Waals surface area contributed by atoms with E-state index in [0.29, 0.717) is 44.0 Å². The molecule has 0 unspecified atom stereocenters. The van der Waals surface area contributed by atoms with Gasteiger partial charge < -0.3 is 5.32 Å². The summed E-state index contributed by atoms with van der Waals surface area (Å²) >= 11 is 6.20. The average molecular weight is 481 g/mol. The van der Waals surface area contributed by atoms with Crippen molar-refractivity contribution < 1.29 is 9.59 Å². The van der Waals surface area contributed by atoms with Crippen molar-refractivity contribution in [3.8, 4) is 11.3 Å². The SMILES string of the molecule is Cc1nn(C)cc1-c1cc(C(=O)Nc2ccc(Cl)cc2C(=O)c2ccccc2)c2ccccc2n1. The lowest BCUT2D eigenvalue weighted by Crippen LogP contribution is -2.16. The van der Waals surface area contributed by atoms with Crippen LogP contribution in [0.3, 0.4) is 0 Å². The predicted molar refractivity (Wildman–Crippen MR) is 138 cm³/mol. The second-order valence-corrected chi connectivity index (χ2v) is 8.65. The normalized spacial score (nSPS) is 10.9. The number of nitrogens with zero attached hydrogens (tertiary/aromatic N) is 3. The number of anilines is 1. The number of fused-ring (bicyclic) bond motifs is 1. The highest BCUT2D eigenvalue weighted by Gasteiger charge is 2.20. The van der Waals surface area contributed by atoms with Crippen LogP contribution in [0.5, 0.6) is 0 Å². The minimum atomic E-state index is -0.351. The molecule has 0 aliphatic carbocycles. The summed E-state index contributed by atoms with van der Waals surface area (Å²) in [7, 11) is 1.84. The molecule has 0 bridgehead atoms. The van der Waals surface area contributed by atoms with E-state index in [-0.39, 0.29) is 11.7 Å². The topological polar surface area (TPSA) is 76.9 Å². The number of aromatic nitrogens is 3. The van der Waals surface area contributed by atoms with Gasteiger partial charge >= 0.3 is 0 Å². The van der Waals surface area contributed by atoms with Gasteiger partial charge in [-0.25, -0.2) is 4.98 Å². The largest absolute Gasteiger partial charge is 0.321 e. The summed E-state index contributed by atoms with van der Waals surface area (Å²) in [6.07, 6.45) is 1.88. The molecule has 5 aromatic rings. The second kappa shape index (κ2) is 9.16. The van der Waals surface area contributed by atoms with Crippen LogP contribution in [0, 0.1) is 6.92 Å². The van der Waals surface area contributed by atoms with E-state index >= 15 is 0 Å². The van der Waals surface area contributed by atoms with Crippen LogP contribution in [0.15, 0.2) is 85.1 Å². The summed E-state index contributed by atoms with van der Waals surface area (Å²) in [5, 5.41) is 8.45. The Morgan fingerprint density at radius 2 is 1.66 bits per heavy atom. The van der Waals surface area contributed by atoms with Crippen LogP contribution >= 0.6 is 11.6 Å². The Hall–Kier alpha value is -4.29. The van der Waals surface area contributed by atoms with Crippen molar-refractivity contribution in [3.05, 3.63) is 112 Å². The van der Waals surface area contributed by atoms with Gasteiger partial charge in [0.25, 0.3) is 5.91 Å². The highest BCUT2D eigenvalue weighted by Crippen LogP contribution is 2.29. The standard InChI is InChI=1S/C28H21ClN4O2/c1-17-23(16-33(2)32-17)26-15-21(20-10-6-7-11-24(20)30-26)28(35)31-25-13-12-19(29)14-22(25)27(34)18-8-4-3-5-9-18/h3-16H,1-2H3,(H,31,35). The molecule has 0 spiro atoms. The van der Waals surface area contributed by atoms with Crippen molar-refractivity contribution in [3.63, 3.8) is 0 Å². The van der Waals surface area contributed by atoms with Crippen molar-refractivity contribution in [1.29, 1.82) is 0 Å². The smallest absolute Gasteiger partial charge is 0.256 e. The first-order valence-corrected chi connectivity index (χ1v) is 11.4. The minimum absolute atomic E-state index is 0.227. The third kappa shape index (κ3) is 4.44. The Balaban J connectivity index is 1.58. The second-order valence-electron chi connectivity index (χ2n) is 8.21. The van der Waals surface area contributed by atoms with E-state index in [9.17, 15) is 9.59 Å². The molecule has 6 nitrogen and oxygen atoms in total. The van der Waals surface area contributed by atoms with Gasteiger partial charge in [0.2, 0.25) is 0 Å². The Morgan fingerprint density at radius 1 is 0.914 bits per heavy atom. The molecular weight excluding hydrogens is 460 g/mol. The zero-order valence-corrected chi connectivity index (χ0v) is 19.9. The van der Waals surface area contributed by atoms with Gasteiger partial charge in [-0.05, 0) is 37.3 Å². The van der Waals surface area contributed by atoms with Crippen molar-refractivity contribution in [1.82, 2.24) is 14.8 Å². The number of amides is 1. The first-order chi connectivity index (χ1) is 16.9. The van der Waals surface area contributed by atoms with Gasteiger partial charge in [-0.2, -0.15) is 5.10 Å². The molecule has 0 aliphatic rings. The molecule has 5 rings (SSSR count). The van der Waals surface area contributed by atoms with Gasteiger partial charge in [0, 0.05) is 40.3 Å². The molecule has 172 valence electrons. The lowest BCUT2D eigenvalue weighted by atomic mass is 10.0. The minimum Gasteiger partial charge on any atom is -0.321 e. The van der Waals surface area contributed by atoms with Crippen LogP contribution < -0.4 is 5.32 Å². The van der Waals surface area contributed by atoms with Gasteiger partial charge in [0.15, 0.2) is 5.78 Å². The summed E-state index contributed by atoms with van der Waals surface area (Å²) < 4.78 is 1.72. The van der Waals surface area contributed by atoms with E-state index in [1.807, 2.05) is 50.5 Å². The van der Waals surface area contributed by atoms with Gasteiger partial charge in [0.1, 0.15) is 0 Å². The molecular formula is C28H21ClN4O2. The quantitative estimate of drug-likeness (QED) is 0.309. The molecule has 3 aromatic carbocycles. The van der Waals surface area contributed by atoms with Gasteiger partial charge in [0.05, 0.1) is 28.2 Å². The molecule has 0 saturated carbocycles. The van der Waals surface area contributed by atoms with Gasteiger partial charge in [-0.3, -0.25) is 14.3 Å². The van der Waals surface area contributed by atoms with Crippen molar-refractivity contribution >= 4 is 39.9 Å². The van der Waals surface area contributed by atoms with E-state index in [1.165, 1.54) is 0 Å². The van der Waals surface area contributed by atoms with Crippen LogP contribution in [-0.4, -0.2) is 26.5 Å². The maximum absolute atomic E-state index is 13.6. The third-order valence-corrected chi connectivity index (χ3v) is 6.00. The van der Waals surface area contributed by atoms with E-state index < -0.39 is 0 Å². The Labute approximate surface area is 207 Å². The molecule has 0 aliphatic heterocycles. The maximum atomic E-state index is 13.6. The number of nitrogens with one attached hydrogen (secondary N) is 1. The predicted octanol–water partition coefficient (Wildman–Crippen LogP) is 6.08. The third-order valence-electron chi connectivity index (χ3n) is 5.76. The molecule has 0 radical (unpaired) electrons. The highest BCUT2D eigenvalue weighted by atomic mass is 35.5. The summed E-state index contributed by atoms with van der Waals surface area (Å²) in [4.78, 5) is 31.6. The maximum Gasteiger partial charge on any atom is 0.256 e. The molecule has 7 heteroatoms. The molecule has 1 N–H and O–H groups in total. The molecule has 0 fully saturated rings. The van der Waals surface area contributed by atoms with E-state index in [0.717, 1.165) is 11.3 Å². The lowest BCUT2D eigenvalue weighted by molar-refractivity contribution is 0.102. The number of halogens is 1. The number of rotatable bonds is 5. The Bertz CT molecular complexity index is 1590. The molecule has 0 atom stereocenters. The van der Waals surface area contributed by atoms with Crippen molar-refractivity contribution in [2.24, 2.45) is 7.05 Å². The summed E-state index contributed by atoms with van der Waals surface area (Å²) in [6.45, 7) is 1.90. The number of para-hydroxylation sites is 1. The zero-order valence-electron chi connectivity index (χ0n) is 19.1. The first kappa shape index (κ1) is 22.5. The highest BCUT2D eigenvalue weighted by molar-refractivity contribution is 6.31. The van der Waals surface area contributed by atoms with Gasteiger partial charge in [-0.15, -0.1) is 0 Å². The zero-order chi connectivity index (χ0) is 24.5. The van der Waals surface area contributed by atoms with Crippen molar-refractivity contribution in [2.45, 2.75) is 6.92 Å². The van der Waals surface area contributed by atoms with Crippen LogP contribution in [0.1, 0.15) is 32.0 Å². The number of hydrogen-bond acceptors (Lipinski definition) is 4. The fourth-order valence-corrected chi connectivity index (χ4v) is 4.27. The number of carbonyl (C=O) groups is 2. The molecule has 1 amide bonds. The fourth-order valence-electron chi connectivity index (χ4n) is 4.10. The molecule has 2 aromatic heterocycles. The molecule has 2 heterocycles. The number of pyridine rings is 1. The lowest BCUT2D eigenvalue weighted by Gasteiger charge is -2.13. The van der Waals surface area contributed by atoms with Crippen molar-refractivity contribution in [2.75, 3.05) is 5.32 Å². The number of hydrogen-bond donors (Lipinski definition) is 1.